The molecule has 30 heavy (non-hydrogen) atoms. The minimum Gasteiger partial charge on any atom is -0.497 e. The van der Waals surface area contributed by atoms with E-state index in [1.165, 1.54) is 5.56 Å². The summed E-state index contributed by atoms with van der Waals surface area (Å²) in [6, 6.07) is 13.8. The van der Waals surface area contributed by atoms with E-state index in [9.17, 15) is 4.79 Å². The molecule has 1 aliphatic rings. The summed E-state index contributed by atoms with van der Waals surface area (Å²) in [7, 11) is 3.34. The average Bonchev–Trinajstić information content (AvgIpc) is 3.16. The van der Waals surface area contributed by atoms with Crippen LogP contribution in [-0.4, -0.2) is 43.2 Å². The fraction of sp³-hybridized carbons (Fsp3) is 0.375. The summed E-state index contributed by atoms with van der Waals surface area (Å²) in [5.41, 5.74) is 4.39. The molecule has 0 fully saturated rings. The molecule has 1 unspecified atom stereocenters. The summed E-state index contributed by atoms with van der Waals surface area (Å²) in [6.45, 7) is 3.46. The van der Waals surface area contributed by atoms with Crippen LogP contribution in [0.5, 0.6) is 11.5 Å². The topological polar surface area (TPSA) is 66.6 Å². The largest absolute Gasteiger partial charge is 0.497 e. The highest BCUT2D eigenvalue weighted by atomic mass is 16.5. The number of hydrogen-bond acceptors (Lipinski definition) is 3. The first kappa shape index (κ1) is 20.1. The van der Waals surface area contributed by atoms with E-state index in [4.69, 9.17) is 9.47 Å². The zero-order valence-corrected chi connectivity index (χ0v) is 17.8. The lowest BCUT2D eigenvalue weighted by atomic mass is 9.92. The van der Waals surface area contributed by atoms with Crippen LogP contribution in [0.3, 0.4) is 0 Å². The van der Waals surface area contributed by atoms with Gasteiger partial charge in [0.05, 0.1) is 20.3 Å². The molecule has 0 spiro atoms. The van der Waals surface area contributed by atoms with Crippen LogP contribution in [-0.2, 0) is 6.42 Å². The number of H-pyrrole nitrogens is 1. The second-order valence-corrected chi connectivity index (χ2v) is 7.64. The predicted molar refractivity (Wildman–Crippen MR) is 118 cm³/mol. The summed E-state index contributed by atoms with van der Waals surface area (Å²) in [4.78, 5) is 18.6. The van der Waals surface area contributed by atoms with Crippen molar-refractivity contribution in [2.24, 2.45) is 0 Å². The van der Waals surface area contributed by atoms with Gasteiger partial charge >= 0.3 is 6.03 Å². The zero-order chi connectivity index (χ0) is 21.1. The average molecular weight is 408 g/mol. The van der Waals surface area contributed by atoms with Crippen molar-refractivity contribution >= 4 is 16.9 Å². The third-order valence-corrected chi connectivity index (χ3v) is 5.81. The summed E-state index contributed by atoms with van der Waals surface area (Å²) in [6.07, 6.45) is 2.82. The second kappa shape index (κ2) is 8.69. The number of fused-ring (bicyclic) bond motifs is 3. The Bertz CT molecular complexity index is 1040. The molecule has 2 heterocycles. The molecule has 158 valence electrons. The number of nitrogens with one attached hydrogen (secondary N) is 2. The van der Waals surface area contributed by atoms with Crippen molar-refractivity contribution < 1.29 is 14.3 Å². The van der Waals surface area contributed by atoms with Crippen LogP contribution in [0, 0.1) is 0 Å². The highest BCUT2D eigenvalue weighted by molar-refractivity contribution is 5.87. The van der Waals surface area contributed by atoms with Gasteiger partial charge in [-0.3, -0.25) is 0 Å². The maximum Gasteiger partial charge on any atom is 0.318 e. The molecule has 6 nitrogen and oxygen atoms in total. The first-order valence-corrected chi connectivity index (χ1v) is 10.5. The Kier molecular flexibility index (Phi) is 5.84. The van der Waals surface area contributed by atoms with Gasteiger partial charge in [-0.2, -0.15) is 0 Å². The lowest BCUT2D eigenvalue weighted by Gasteiger charge is -2.36. The van der Waals surface area contributed by atoms with E-state index in [2.05, 4.69) is 29.4 Å². The number of carbonyl (C=O) groups is 1. The Balaban J connectivity index is 1.79. The minimum atomic E-state index is -0.205. The Morgan fingerprint density at radius 2 is 1.97 bits per heavy atom. The van der Waals surface area contributed by atoms with Crippen LogP contribution >= 0.6 is 0 Å². The first-order valence-electron chi connectivity index (χ1n) is 10.5. The minimum absolute atomic E-state index is 0.0295. The highest BCUT2D eigenvalue weighted by Crippen LogP contribution is 2.40. The molecule has 2 amide bonds. The predicted octanol–water partition coefficient (Wildman–Crippen LogP) is 4.64. The van der Waals surface area contributed by atoms with Crippen molar-refractivity contribution in [1.82, 2.24) is 15.2 Å². The monoisotopic (exact) mass is 407 g/mol. The molecule has 1 aromatic heterocycles. The van der Waals surface area contributed by atoms with Crippen LogP contribution in [0.1, 0.15) is 42.6 Å². The number of urea groups is 1. The van der Waals surface area contributed by atoms with Crippen molar-refractivity contribution in [2.45, 2.75) is 32.2 Å². The molecular weight excluding hydrogens is 378 g/mol. The fourth-order valence-corrected chi connectivity index (χ4v) is 4.25. The van der Waals surface area contributed by atoms with E-state index < -0.39 is 0 Å². The van der Waals surface area contributed by atoms with Crippen molar-refractivity contribution in [3.05, 3.63) is 59.3 Å². The third-order valence-electron chi connectivity index (χ3n) is 5.81. The maximum atomic E-state index is 13.1. The molecule has 4 rings (SSSR count). The number of hydrogen-bond donors (Lipinski definition) is 2. The van der Waals surface area contributed by atoms with E-state index in [1.807, 2.05) is 35.2 Å². The van der Waals surface area contributed by atoms with Crippen molar-refractivity contribution in [1.29, 1.82) is 0 Å². The number of unbranched alkanes of at least 4 members (excludes halogenated alkanes) is 1. The van der Waals surface area contributed by atoms with Gasteiger partial charge in [0.1, 0.15) is 11.5 Å². The van der Waals surface area contributed by atoms with Gasteiger partial charge < -0.3 is 24.7 Å². The SMILES string of the molecule is CCCCNC(=O)N1CCc2c([nH]c3ccc(OC)cc23)C1c1cccc(OC)c1. The van der Waals surface area contributed by atoms with Crippen LogP contribution in [0.15, 0.2) is 42.5 Å². The number of amides is 2. The first-order chi connectivity index (χ1) is 14.7. The van der Waals surface area contributed by atoms with Crippen LogP contribution < -0.4 is 14.8 Å². The van der Waals surface area contributed by atoms with Gasteiger partial charge in [0.25, 0.3) is 0 Å². The highest BCUT2D eigenvalue weighted by Gasteiger charge is 2.34. The summed E-state index contributed by atoms with van der Waals surface area (Å²) in [5, 5.41) is 4.24. The van der Waals surface area contributed by atoms with Gasteiger partial charge in [-0.25, -0.2) is 4.79 Å². The van der Waals surface area contributed by atoms with Gasteiger partial charge in [-0.1, -0.05) is 25.5 Å². The standard InChI is InChI=1S/C24H29N3O3/c1-4-5-12-25-24(28)27-13-11-19-20-15-18(30-3)9-10-21(20)26-22(19)23(27)16-7-6-8-17(14-16)29-2/h6-10,14-15,23,26H,4-5,11-13H2,1-3H3,(H,25,28). The van der Waals surface area contributed by atoms with E-state index in [1.54, 1.807) is 14.2 Å². The molecule has 1 aliphatic heterocycles. The van der Waals surface area contributed by atoms with Gasteiger partial charge in [0.15, 0.2) is 0 Å². The lowest BCUT2D eigenvalue weighted by Crippen LogP contribution is -2.46. The maximum absolute atomic E-state index is 13.1. The summed E-state index contributed by atoms with van der Waals surface area (Å²) < 4.78 is 10.9. The molecule has 2 N–H and O–H groups in total. The van der Waals surface area contributed by atoms with Gasteiger partial charge in [-0.15, -0.1) is 0 Å². The molecule has 3 aromatic rings. The smallest absolute Gasteiger partial charge is 0.318 e. The van der Waals surface area contributed by atoms with E-state index in [0.717, 1.165) is 52.9 Å². The van der Waals surface area contributed by atoms with Crippen molar-refractivity contribution in [3.8, 4) is 11.5 Å². The van der Waals surface area contributed by atoms with Gasteiger partial charge in [0.2, 0.25) is 0 Å². The fourth-order valence-electron chi connectivity index (χ4n) is 4.25. The molecule has 6 heteroatoms. The second-order valence-electron chi connectivity index (χ2n) is 7.64. The summed E-state index contributed by atoms with van der Waals surface area (Å²) >= 11 is 0. The van der Waals surface area contributed by atoms with E-state index >= 15 is 0 Å². The molecule has 1 atom stereocenters. The summed E-state index contributed by atoms with van der Waals surface area (Å²) in [5.74, 6) is 1.62. The number of aromatic nitrogens is 1. The number of ether oxygens (including phenoxy) is 2. The zero-order valence-electron chi connectivity index (χ0n) is 17.8. The van der Waals surface area contributed by atoms with E-state index in [-0.39, 0.29) is 12.1 Å². The molecule has 0 saturated carbocycles. The Labute approximate surface area is 177 Å². The molecular formula is C24H29N3O3. The van der Waals surface area contributed by atoms with Gasteiger partial charge in [0, 0.05) is 29.7 Å². The quantitative estimate of drug-likeness (QED) is 0.585. The molecule has 2 aromatic carbocycles. The van der Waals surface area contributed by atoms with Crippen molar-refractivity contribution in [3.63, 3.8) is 0 Å². The number of carbonyl (C=O) groups excluding carboxylic acids is 1. The third kappa shape index (κ3) is 3.70. The number of benzene rings is 2. The number of methoxy groups -OCH3 is 2. The van der Waals surface area contributed by atoms with E-state index in [0.29, 0.717) is 13.1 Å². The number of rotatable bonds is 6. The Morgan fingerprint density at radius 3 is 2.73 bits per heavy atom. The van der Waals surface area contributed by atoms with Crippen LogP contribution in [0.25, 0.3) is 10.9 Å². The lowest BCUT2D eigenvalue weighted by molar-refractivity contribution is 0.179. The Morgan fingerprint density at radius 1 is 1.17 bits per heavy atom. The molecule has 0 aliphatic carbocycles. The normalized spacial score (nSPS) is 15.7. The number of nitrogens with zero attached hydrogens (tertiary/aromatic N) is 1. The molecule has 0 bridgehead atoms. The van der Waals surface area contributed by atoms with Gasteiger partial charge in [-0.05, 0) is 54.3 Å². The molecule has 0 radical (unpaired) electrons. The van der Waals surface area contributed by atoms with Crippen LogP contribution in [0.2, 0.25) is 0 Å². The van der Waals surface area contributed by atoms with Crippen molar-refractivity contribution in [2.75, 3.05) is 27.3 Å². The Hall–Kier alpha value is -3.15. The number of aromatic amines is 1. The van der Waals surface area contributed by atoms with Crippen LogP contribution in [0.4, 0.5) is 4.79 Å². The molecule has 0 saturated heterocycles.